The lowest BCUT2D eigenvalue weighted by molar-refractivity contribution is 0.226. The van der Waals surface area contributed by atoms with E-state index in [9.17, 15) is 5.11 Å². The van der Waals surface area contributed by atoms with Crippen molar-refractivity contribution in [2.24, 2.45) is 0 Å². The maximum absolute atomic E-state index is 9.24. The lowest BCUT2D eigenvalue weighted by Gasteiger charge is -2.08. The summed E-state index contributed by atoms with van der Waals surface area (Å²) in [6, 6.07) is 0. The van der Waals surface area contributed by atoms with Crippen molar-refractivity contribution < 1.29 is 5.11 Å². The zero-order chi connectivity index (χ0) is 8.69. The van der Waals surface area contributed by atoms with Gasteiger partial charge in [-0.15, -0.1) is 0 Å². The summed E-state index contributed by atoms with van der Waals surface area (Å²) in [6.45, 7) is 4.02. The van der Waals surface area contributed by atoms with E-state index in [4.69, 9.17) is 0 Å². The van der Waals surface area contributed by atoms with Crippen molar-refractivity contribution >= 4 is 22.6 Å². The minimum atomic E-state index is -0.260. The van der Waals surface area contributed by atoms with E-state index in [1.807, 2.05) is 11.0 Å². The van der Waals surface area contributed by atoms with Gasteiger partial charge in [0.1, 0.15) is 0 Å². The van der Waals surface area contributed by atoms with Gasteiger partial charge in [-0.05, 0) is 29.4 Å². The maximum Gasteiger partial charge on any atom is 0.0729 e. The smallest absolute Gasteiger partial charge is 0.0729 e. The molecule has 0 heterocycles. The molecule has 0 fully saturated rings. The lowest BCUT2D eigenvalue weighted by Crippen LogP contribution is -2.03. The van der Waals surface area contributed by atoms with E-state index < -0.39 is 0 Å². The highest BCUT2D eigenvalue weighted by molar-refractivity contribution is 14.1. The van der Waals surface area contributed by atoms with Crippen molar-refractivity contribution in [2.45, 2.75) is 45.6 Å². The summed E-state index contributed by atoms with van der Waals surface area (Å²) in [5.74, 6) is 0. The summed E-state index contributed by atoms with van der Waals surface area (Å²) in [7, 11) is 0. The molecule has 2 heteroatoms. The van der Waals surface area contributed by atoms with Gasteiger partial charge < -0.3 is 5.11 Å². The zero-order valence-electron chi connectivity index (χ0n) is 7.31. The number of hydrogen-bond donors (Lipinski definition) is 1. The van der Waals surface area contributed by atoms with E-state index >= 15 is 0 Å². The maximum atomic E-state index is 9.24. The monoisotopic (exact) mass is 268 g/mol. The molecule has 66 valence electrons. The molecule has 11 heavy (non-hydrogen) atoms. The van der Waals surface area contributed by atoms with Crippen molar-refractivity contribution in [3.05, 3.63) is 9.66 Å². The fraction of sp³-hybridized carbons (Fsp3) is 0.778. The topological polar surface area (TPSA) is 20.2 Å². The second kappa shape index (κ2) is 7.10. The fourth-order valence-corrected chi connectivity index (χ4v) is 1.77. The highest BCUT2D eigenvalue weighted by atomic mass is 127. The van der Waals surface area contributed by atoms with Crippen LogP contribution in [0.2, 0.25) is 0 Å². The van der Waals surface area contributed by atoms with Crippen LogP contribution in [0.5, 0.6) is 0 Å². The van der Waals surface area contributed by atoms with Crippen molar-refractivity contribution in [3.63, 3.8) is 0 Å². The van der Waals surface area contributed by atoms with Crippen LogP contribution in [0.15, 0.2) is 9.66 Å². The highest BCUT2D eigenvalue weighted by Crippen LogP contribution is 2.14. The zero-order valence-corrected chi connectivity index (χ0v) is 9.47. The molecule has 0 unspecified atom stereocenters. The van der Waals surface area contributed by atoms with Gasteiger partial charge in [0.2, 0.25) is 0 Å². The molecule has 0 aliphatic rings. The summed E-state index contributed by atoms with van der Waals surface area (Å²) < 4.78 is 2.00. The molecule has 0 spiro atoms. The molecule has 0 saturated heterocycles. The molecule has 0 aromatic carbocycles. The molecule has 1 N–H and O–H groups in total. The second-order valence-electron chi connectivity index (χ2n) is 2.82. The number of aliphatic hydroxyl groups is 1. The van der Waals surface area contributed by atoms with Crippen molar-refractivity contribution in [1.82, 2.24) is 0 Å². The summed E-state index contributed by atoms with van der Waals surface area (Å²) in [6.07, 6.45) is 4.50. The quantitative estimate of drug-likeness (QED) is 0.599. The first kappa shape index (κ1) is 11.4. The predicted octanol–water partition coefficient (Wildman–Crippen LogP) is 3.27. The third-order valence-corrected chi connectivity index (χ3v) is 2.55. The average molecular weight is 268 g/mol. The minimum Gasteiger partial charge on any atom is -0.389 e. The molecule has 0 aromatic heterocycles. The Labute approximate surface area is 83.0 Å². The number of aliphatic hydroxyl groups excluding tert-OH is 1. The second-order valence-corrected chi connectivity index (χ2v) is 3.44. The van der Waals surface area contributed by atoms with Gasteiger partial charge >= 0.3 is 0 Å². The molecule has 0 aliphatic heterocycles. The number of hydrogen-bond acceptors (Lipinski definition) is 1. The van der Waals surface area contributed by atoms with Gasteiger partial charge in [0, 0.05) is 0 Å². The average Bonchev–Trinajstić information content (AvgIpc) is 1.97. The minimum absolute atomic E-state index is 0.260. The van der Waals surface area contributed by atoms with E-state index in [0.717, 1.165) is 6.42 Å². The first-order chi connectivity index (χ1) is 5.22. The van der Waals surface area contributed by atoms with Gasteiger partial charge in [0.25, 0.3) is 0 Å². The van der Waals surface area contributed by atoms with Gasteiger partial charge in [-0.3, -0.25) is 0 Å². The normalized spacial score (nSPS) is 15.1. The molecule has 0 bridgehead atoms. The number of unbranched alkanes of at least 4 members (excludes halogenated alkanes) is 2. The van der Waals surface area contributed by atoms with E-state index in [0.29, 0.717) is 0 Å². The van der Waals surface area contributed by atoms with Crippen LogP contribution < -0.4 is 0 Å². The third kappa shape index (κ3) is 5.67. The molecule has 0 saturated carbocycles. The molecule has 1 atom stereocenters. The molecular weight excluding hydrogens is 251 g/mol. The van der Waals surface area contributed by atoms with Crippen molar-refractivity contribution in [1.29, 1.82) is 0 Å². The number of halogens is 1. The van der Waals surface area contributed by atoms with Gasteiger partial charge in [-0.1, -0.05) is 42.4 Å². The predicted molar refractivity (Wildman–Crippen MR) is 57.9 cm³/mol. The van der Waals surface area contributed by atoms with Crippen LogP contribution >= 0.6 is 22.6 Å². The molecule has 0 aliphatic carbocycles. The fourth-order valence-electron chi connectivity index (χ4n) is 0.934. The third-order valence-electron chi connectivity index (χ3n) is 1.75. The van der Waals surface area contributed by atoms with Gasteiger partial charge in [0.05, 0.1) is 6.10 Å². The van der Waals surface area contributed by atoms with Crippen LogP contribution in [-0.2, 0) is 0 Å². The first-order valence-electron chi connectivity index (χ1n) is 4.19. The summed E-state index contributed by atoms with van der Waals surface area (Å²) >= 11 is 2.19. The van der Waals surface area contributed by atoms with Crippen LogP contribution in [0.25, 0.3) is 0 Å². The largest absolute Gasteiger partial charge is 0.389 e. The highest BCUT2D eigenvalue weighted by Gasteiger charge is 2.02. The molecule has 0 rings (SSSR count). The Morgan fingerprint density at radius 3 is 2.55 bits per heavy atom. The van der Waals surface area contributed by atoms with Gasteiger partial charge in [0.15, 0.2) is 0 Å². The van der Waals surface area contributed by atoms with Crippen molar-refractivity contribution in [2.75, 3.05) is 0 Å². The van der Waals surface area contributed by atoms with Crippen LogP contribution in [0.3, 0.4) is 0 Å². The molecule has 0 radical (unpaired) electrons. The van der Waals surface area contributed by atoms with Crippen LogP contribution in [0.1, 0.15) is 39.5 Å². The Morgan fingerprint density at radius 2 is 2.18 bits per heavy atom. The van der Waals surface area contributed by atoms with E-state index in [1.165, 1.54) is 24.8 Å². The Hall–Kier alpha value is 0.430. The Bertz CT molecular complexity index is 119. The summed E-state index contributed by atoms with van der Waals surface area (Å²) in [4.78, 5) is 0. The standard InChI is InChI=1S/C9H17IO/c1-3-4-5-6-9(7-10)8(2)11/h7-8,11H,3-6H2,1-2H3/b9-7-/t8-/m1/s1. The van der Waals surface area contributed by atoms with Crippen LogP contribution in [0.4, 0.5) is 0 Å². The van der Waals surface area contributed by atoms with Gasteiger partial charge in [-0.25, -0.2) is 0 Å². The van der Waals surface area contributed by atoms with Crippen LogP contribution in [0, 0.1) is 0 Å². The molecule has 0 amide bonds. The van der Waals surface area contributed by atoms with E-state index in [1.54, 1.807) is 0 Å². The molecule has 0 aromatic rings. The molecule has 1 nitrogen and oxygen atoms in total. The SMILES string of the molecule is CCCCC/C(=C/I)[C@@H](C)O. The lowest BCUT2D eigenvalue weighted by atomic mass is 10.1. The van der Waals surface area contributed by atoms with E-state index in [-0.39, 0.29) is 6.10 Å². The molecular formula is C9H17IO. The number of rotatable bonds is 5. The Kier molecular flexibility index (Phi) is 7.38. The Morgan fingerprint density at radius 1 is 1.55 bits per heavy atom. The van der Waals surface area contributed by atoms with Crippen molar-refractivity contribution in [3.8, 4) is 0 Å². The van der Waals surface area contributed by atoms with Crippen LogP contribution in [-0.4, -0.2) is 11.2 Å². The summed E-state index contributed by atoms with van der Waals surface area (Å²) in [5.41, 5.74) is 1.17. The first-order valence-corrected chi connectivity index (χ1v) is 5.44. The van der Waals surface area contributed by atoms with E-state index in [2.05, 4.69) is 29.5 Å². The van der Waals surface area contributed by atoms with Gasteiger partial charge in [-0.2, -0.15) is 0 Å². The summed E-state index contributed by atoms with van der Waals surface area (Å²) in [5, 5.41) is 9.24. The Balaban J connectivity index is 3.54.